The second kappa shape index (κ2) is 5.64. The molecule has 2 aromatic carbocycles. The minimum atomic E-state index is -0.796. The molecule has 0 aromatic heterocycles. The Labute approximate surface area is 123 Å². The van der Waals surface area contributed by atoms with E-state index in [1.54, 1.807) is 18.2 Å². The monoisotopic (exact) mass is 373 g/mol. The van der Waals surface area contributed by atoms with Crippen molar-refractivity contribution in [3.8, 4) is 0 Å². The smallest absolute Gasteiger partial charge is 0.255 e. The number of carbonyl (C=O) groups is 1. The number of carbonyl (C=O) groups excluding carboxylic acids is 1. The van der Waals surface area contributed by atoms with Crippen molar-refractivity contribution in [1.29, 1.82) is 0 Å². The van der Waals surface area contributed by atoms with Crippen molar-refractivity contribution >= 4 is 34.2 Å². The quantitative estimate of drug-likeness (QED) is 0.789. The molecule has 2 nitrogen and oxygen atoms in total. The molecule has 0 fully saturated rings. The van der Waals surface area contributed by atoms with Crippen molar-refractivity contribution in [3.63, 3.8) is 0 Å². The van der Waals surface area contributed by atoms with Gasteiger partial charge in [-0.1, -0.05) is 12.1 Å². The van der Waals surface area contributed by atoms with Gasteiger partial charge in [-0.3, -0.25) is 4.79 Å². The van der Waals surface area contributed by atoms with E-state index in [1.165, 1.54) is 6.07 Å². The van der Waals surface area contributed by atoms with Gasteiger partial charge in [0.15, 0.2) is 0 Å². The Morgan fingerprint density at radius 1 is 1.16 bits per heavy atom. The molecular weight excluding hydrogens is 363 g/mol. The predicted octanol–water partition coefficient (Wildman–Crippen LogP) is 4.13. The third-order valence-electron chi connectivity index (χ3n) is 2.64. The van der Waals surface area contributed by atoms with Crippen LogP contribution in [0, 0.1) is 22.1 Å². The molecule has 19 heavy (non-hydrogen) atoms. The Kier molecular flexibility index (Phi) is 4.14. The van der Waals surface area contributed by atoms with Crippen LogP contribution in [0.4, 0.5) is 14.5 Å². The molecule has 98 valence electrons. The fraction of sp³-hybridized carbons (Fsp3) is 0.0714. The van der Waals surface area contributed by atoms with Crippen molar-refractivity contribution in [2.45, 2.75) is 6.92 Å². The number of rotatable bonds is 2. The van der Waals surface area contributed by atoms with E-state index < -0.39 is 23.2 Å². The fourth-order valence-corrected chi connectivity index (χ4v) is 2.05. The first kappa shape index (κ1) is 13.9. The normalized spacial score (nSPS) is 10.3. The first-order chi connectivity index (χ1) is 8.99. The minimum Gasteiger partial charge on any atom is -0.317 e. The van der Waals surface area contributed by atoms with Crippen molar-refractivity contribution < 1.29 is 13.6 Å². The zero-order valence-corrected chi connectivity index (χ0v) is 12.2. The van der Waals surface area contributed by atoms with Gasteiger partial charge in [0.05, 0.1) is 0 Å². The SMILES string of the molecule is Cc1ccc(C(=O)Nc2c(F)cccc2F)cc1I. The average Bonchev–Trinajstić information content (AvgIpc) is 2.37. The Balaban J connectivity index is 2.28. The number of benzene rings is 2. The van der Waals surface area contributed by atoms with Crippen molar-refractivity contribution in [2.24, 2.45) is 0 Å². The molecule has 0 aliphatic heterocycles. The number of amides is 1. The van der Waals surface area contributed by atoms with Gasteiger partial charge in [0.25, 0.3) is 5.91 Å². The van der Waals surface area contributed by atoms with Crippen LogP contribution in [0.5, 0.6) is 0 Å². The highest BCUT2D eigenvalue weighted by Crippen LogP contribution is 2.20. The molecular formula is C14H10F2INO. The largest absolute Gasteiger partial charge is 0.317 e. The van der Waals surface area contributed by atoms with Gasteiger partial charge >= 0.3 is 0 Å². The summed E-state index contributed by atoms with van der Waals surface area (Å²) in [5.41, 5.74) is 0.968. The number of aryl methyl sites for hydroxylation is 1. The van der Waals surface area contributed by atoms with Crippen LogP contribution in [0.3, 0.4) is 0 Å². The topological polar surface area (TPSA) is 29.1 Å². The van der Waals surface area contributed by atoms with Crippen molar-refractivity contribution in [1.82, 2.24) is 0 Å². The van der Waals surface area contributed by atoms with Crippen LogP contribution in [0.15, 0.2) is 36.4 Å². The van der Waals surface area contributed by atoms with Crippen LogP contribution in [0.2, 0.25) is 0 Å². The fourth-order valence-electron chi connectivity index (χ4n) is 1.54. The first-order valence-corrected chi connectivity index (χ1v) is 6.58. The molecule has 1 amide bonds. The Morgan fingerprint density at radius 2 is 1.79 bits per heavy atom. The van der Waals surface area contributed by atoms with Gasteiger partial charge in [-0.15, -0.1) is 0 Å². The van der Waals surface area contributed by atoms with E-state index in [1.807, 2.05) is 6.92 Å². The van der Waals surface area contributed by atoms with Gasteiger partial charge in [0.2, 0.25) is 0 Å². The predicted molar refractivity (Wildman–Crippen MR) is 78.2 cm³/mol. The van der Waals surface area contributed by atoms with E-state index in [0.29, 0.717) is 5.56 Å². The molecule has 0 saturated carbocycles. The van der Waals surface area contributed by atoms with E-state index in [2.05, 4.69) is 27.9 Å². The van der Waals surface area contributed by atoms with Crippen LogP contribution in [0.1, 0.15) is 15.9 Å². The lowest BCUT2D eigenvalue weighted by Gasteiger charge is -2.08. The summed E-state index contributed by atoms with van der Waals surface area (Å²) >= 11 is 2.10. The van der Waals surface area contributed by atoms with E-state index in [4.69, 9.17) is 0 Å². The summed E-state index contributed by atoms with van der Waals surface area (Å²) in [7, 11) is 0. The molecule has 0 atom stereocenters. The highest BCUT2D eigenvalue weighted by molar-refractivity contribution is 14.1. The number of para-hydroxylation sites is 1. The van der Waals surface area contributed by atoms with Gasteiger partial charge in [-0.2, -0.15) is 0 Å². The number of hydrogen-bond acceptors (Lipinski definition) is 1. The number of anilines is 1. The van der Waals surface area contributed by atoms with Gasteiger partial charge < -0.3 is 5.32 Å². The molecule has 0 aliphatic rings. The first-order valence-electron chi connectivity index (χ1n) is 5.50. The third kappa shape index (κ3) is 3.09. The summed E-state index contributed by atoms with van der Waals surface area (Å²) in [6.45, 7) is 1.92. The maximum absolute atomic E-state index is 13.4. The summed E-state index contributed by atoms with van der Waals surface area (Å²) in [5, 5.41) is 2.25. The van der Waals surface area contributed by atoms with Crippen LogP contribution in [0.25, 0.3) is 0 Å². The van der Waals surface area contributed by atoms with E-state index >= 15 is 0 Å². The van der Waals surface area contributed by atoms with E-state index in [0.717, 1.165) is 21.3 Å². The maximum Gasteiger partial charge on any atom is 0.255 e. The minimum absolute atomic E-state index is 0.359. The van der Waals surface area contributed by atoms with E-state index in [-0.39, 0.29) is 0 Å². The molecule has 0 saturated heterocycles. The highest BCUT2D eigenvalue weighted by atomic mass is 127. The summed E-state index contributed by atoms with van der Waals surface area (Å²) in [4.78, 5) is 11.9. The molecule has 0 radical (unpaired) electrons. The van der Waals surface area contributed by atoms with Crippen molar-refractivity contribution in [2.75, 3.05) is 5.32 Å². The van der Waals surface area contributed by atoms with Gasteiger partial charge in [0.1, 0.15) is 17.3 Å². The molecule has 1 N–H and O–H groups in total. The summed E-state index contributed by atoms with van der Waals surface area (Å²) < 4.78 is 27.7. The lowest BCUT2D eigenvalue weighted by Crippen LogP contribution is -2.14. The second-order valence-corrected chi connectivity index (χ2v) is 5.18. The molecule has 0 spiro atoms. The lowest BCUT2D eigenvalue weighted by atomic mass is 10.1. The number of halogens is 3. The highest BCUT2D eigenvalue weighted by Gasteiger charge is 2.13. The summed E-state index contributed by atoms with van der Waals surface area (Å²) in [5.74, 6) is -2.13. The number of nitrogens with one attached hydrogen (secondary N) is 1. The van der Waals surface area contributed by atoms with Crippen LogP contribution in [-0.2, 0) is 0 Å². The van der Waals surface area contributed by atoms with Crippen LogP contribution >= 0.6 is 22.6 Å². The molecule has 2 aromatic rings. The van der Waals surface area contributed by atoms with Gasteiger partial charge in [-0.05, 0) is 59.3 Å². The molecule has 0 bridgehead atoms. The van der Waals surface area contributed by atoms with Crippen LogP contribution in [-0.4, -0.2) is 5.91 Å². The second-order valence-electron chi connectivity index (χ2n) is 4.01. The van der Waals surface area contributed by atoms with Crippen LogP contribution < -0.4 is 5.32 Å². The standard InChI is InChI=1S/C14H10F2INO/c1-8-5-6-9(7-12(8)17)14(19)18-13-10(15)3-2-4-11(13)16/h2-7H,1H3,(H,18,19). The molecule has 0 aliphatic carbocycles. The van der Waals surface area contributed by atoms with Gasteiger partial charge in [0, 0.05) is 9.13 Å². The lowest BCUT2D eigenvalue weighted by molar-refractivity contribution is 0.102. The molecule has 0 heterocycles. The molecule has 2 rings (SSSR count). The van der Waals surface area contributed by atoms with Gasteiger partial charge in [-0.25, -0.2) is 8.78 Å². The van der Waals surface area contributed by atoms with E-state index in [9.17, 15) is 13.6 Å². The molecule has 0 unspecified atom stereocenters. The molecule has 5 heteroatoms. The summed E-state index contributed by atoms with van der Waals surface area (Å²) in [6, 6.07) is 8.51. The zero-order chi connectivity index (χ0) is 14.0. The Morgan fingerprint density at radius 3 is 2.37 bits per heavy atom. The third-order valence-corrected chi connectivity index (χ3v) is 3.80. The Hall–Kier alpha value is -1.50. The number of hydrogen-bond donors (Lipinski definition) is 1. The average molecular weight is 373 g/mol. The zero-order valence-electron chi connectivity index (χ0n) is 10.0. The Bertz CT molecular complexity index is 623. The maximum atomic E-state index is 13.4. The summed E-state index contributed by atoms with van der Waals surface area (Å²) in [6.07, 6.45) is 0. The van der Waals surface area contributed by atoms with Crippen molar-refractivity contribution in [3.05, 3.63) is 62.7 Å².